The van der Waals surface area contributed by atoms with Crippen LogP contribution in [-0.4, -0.2) is 92.5 Å². The molecule has 0 saturated heterocycles. The van der Waals surface area contributed by atoms with Crippen LogP contribution in [0.1, 0.15) is 79.6 Å². The van der Waals surface area contributed by atoms with Crippen molar-refractivity contribution in [2.75, 3.05) is 26.2 Å². The van der Waals surface area contributed by atoms with Crippen LogP contribution in [0.2, 0.25) is 0 Å². The number of fused-ring (bicyclic) bond motifs is 1. The molecular formula is C27H46AsN6O6P. The first kappa shape index (κ1) is 35.5. The van der Waals surface area contributed by atoms with E-state index in [2.05, 4.69) is 55.8 Å². The van der Waals surface area contributed by atoms with Crippen LogP contribution in [0.15, 0.2) is 12.7 Å². The quantitative estimate of drug-likeness (QED) is 0.0634. The Kier molecular flexibility index (Phi) is 15.7. The molecule has 0 aliphatic heterocycles. The second-order valence-corrected chi connectivity index (χ2v) is 13.8. The van der Waals surface area contributed by atoms with E-state index < -0.39 is 31.1 Å². The van der Waals surface area contributed by atoms with E-state index in [1.807, 2.05) is 11.5 Å². The zero-order valence-corrected chi connectivity index (χ0v) is 27.8. The molecule has 2 rings (SSSR count). The summed E-state index contributed by atoms with van der Waals surface area (Å²) in [5, 5.41) is 5.83. The van der Waals surface area contributed by atoms with Gasteiger partial charge >= 0.3 is 162 Å². The first-order valence-corrected chi connectivity index (χ1v) is 17.2. The van der Waals surface area contributed by atoms with Gasteiger partial charge in [0, 0.05) is 6.61 Å². The van der Waals surface area contributed by atoms with Crippen molar-refractivity contribution in [2.24, 2.45) is 0 Å². The van der Waals surface area contributed by atoms with E-state index in [9.17, 15) is 14.2 Å². The Hall–Kier alpha value is -1.68. The summed E-state index contributed by atoms with van der Waals surface area (Å²) in [6.45, 7) is 10.5. The number of hydrogen-bond acceptors (Lipinski definition) is 9. The normalized spacial score (nSPS) is 15.0. The standard InChI is InChI=1S/C27H46AsN6O6P/c1-6-8-10-12-14-39-26(36)27(4,5)33-41(37,32-22(16-35)17-38-13-11-9-7-2)20-40-21(3)15-34-19-31-23-24(28)29-18-30-25(23)34/h16,18-19,21-22H,6-15,17,20H2,1-5H3,(H2,32,33,37)/t21-,22+,41?/m1/s1. The van der Waals surface area contributed by atoms with Crippen molar-refractivity contribution in [1.29, 1.82) is 0 Å². The number of nitrogens with zero attached hydrogens (tertiary/aromatic N) is 4. The van der Waals surface area contributed by atoms with Crippen molar-refractivity contribution in [2.45, 2.75) is 104 Å². The third kappa shape index (κ3) is 12.2. The van der Waals surface area contributed by atoms with E-state index in [0.717, 1.165) is 44.9 Å². The van der Waals surface area contributed by atoms with Crippen LogP contribution in [0.4, 0.5) is 0 Å². The predicted octanol–water partition coefficient (Wildman–Crippen LogP) is 3.03. The molecule has 12 nitrogen and oxygen atoms in total. The van der Waals surface area contributed by atoms with Crippen molar-refractivity contribution in [3.05, 3.63) is 12.7 Å². The molecule has 2 aromatic heterocycles. The van der Waals surface area contributed by atoms with Gasteiger partial charge in [0.15, 0.2) is 0 Å². The first-order chi connectivity index (χ1) is 19.5. The zero-order chi connectivity index (χ0) is 30.3. The molecule has 0 spiro atoms. The Morgan fingerprint density at radius 2 is 1.83 bits per heavy atom. The molecule has 230 valence electrons. The third-order valence-electron chi connectivity index (χ3n) is 6.31. The van der Waals surface area contributed by atoms with E-state index >= 15 is 0 Å². The Labute approximate surface area is 252 Å². The molecule has 0 fully saturated rings. The van der Waals surface area contributed by atoms with Gasteiger partial charge < -0.3 is 14.3 Å². The van der Waals surface area contributed by atoms with Crippen LogP contribution in [0.25, 0.3) is 11.2 Å². The van der Waals surface area contributed by atoms with Crippen molar-refractivity contribution in [3.8, 4) is 0 Å². The summed E-state index contributed by atoms with van der Waals surface area (Å²) < 4.78 is 33.9. The number of imidazole rings is 1. The molecule has 2 heterocycles. The van der Waals surface area contributed by atoms with Gasteiger partial charge in [-0.25, -0.2) is 0 Å². The average molecular weight is 657 g/mol. The number of unbranched alkanes of at least 4 members (excludes halogenated alkanes) is 5. The van der Waals surface area contributed by atoms with E-state index in [0.29, 0.717) is 41.7 Å². The van der Waals surface area contributed by atoms with Crippen molar-refractivity contribution in [1.82, 2.24) is 29.7 Å². The van der Waals surface area contributed by atoms with Gasteiger partial charge in [0.2, 0.25) is 0 Å². The molecular weight excluding hydrogens is 610 g/mol. The van der Waals surface area contributed by atoms with Crippen LogP contribution >= 0.6 is 7.44 Å². The summed E-state index contributed by atoms with van der Waals surface area (Å²) in [7, 11) is -3.67. The Morgan fingerprint density at radius 3 is 2.54 bits per heavy atom. The fourth-order valence-electron chi connectivity index (χ4n) is 4.08. The molecule has 0 saturated carbocycles. The Bertz CT molecular complexity index is 1130. The van der Waals surface area contributed by atoms with Gasteiger partial charge in [0.25, 0.3) is 0 Å². The van der Waals surface area contributed by atoms with Crippen molar-refractivity contribution in [3.63, 3.8) is 0 Å². The summed E-state index contributed by atoms with van der Waals surface area (Å²) in [5.74, 6) is -0.527. The summed E-state index contributed by atoms with van der Waals surface area (Å²) >= 11 is 2.37. The van der Waals surface area contributed by atoms with Gasteiger partial charge in [-0.2, -0.15) is 0 Å². The van der Waals surface area contributed by atoms with Crippen molar-refractivity contribution < 1.29 is 28.4 Å². The Morgan fingerprint density at radius 1 is 1.12 bits per heavy atom. The molecule has 41 heavy (non-hydrogen) atoms. The van der Waals surface area contributed by atoms with E-state index in [1.165, 1.54) is 6.33 Å². The van der Waals surface area contributed by atoms with Crippen LogP contribution in [-0.2, 0) is 34.9 Å². The van der Waals surface area contributed by atoms with Gasteiger partial charge in [0.05, 0.1) is 6.61 Å². The number of hydrogen-bond donors (Lipinski definition) is 2. The Balaban J connectivity index is 2.10. The maximum atomic E-state index is 14.2. The van der Waals surface area contributed by atoms with Crippen LogP contribution in [0, 0.1) is 0 Å². The van der Waals surface area contributed by atoms with Gasteiger partial charge in [-0.05, 0) is 12.8 Å². The first-order valence-electron chi connectivity index (χ1n) is 14.4. The fourth-order valence-corrected chi connectivity index (χ4v) is 6.85. The van der Waals surface area contributed by atoms with E-state index in [1.54, 1.807) is 20.2 Å². The minimum Gasteiger partial charge on any atom is -0.379 e. The summed E-state index contributed by atoms with van der Waals surface area (Å²) in [4.78, 5) is 37.6. The van der Waals surface area contributed by atoms with Crippen LogP contribution in [0.5, 0.6) is 0 Å². The monoisotopic (exact) mass is 656 g/mol. The SMILES string of the molecule is CCCCCCOC(=O)C(C)(C)NP(=O)(CO[C@H](C)Cn1cnc2c([As])ncnc21)N[C@@H](C=O)COCCCCC. The number of aromatic nitrogens is 4. The molecule has 0 aromatic carbocycles. The molecule has 2 radical (unpaired) electrons. The van der Waals surface area contributed by atoms with Crippen LogP contribution < -0.4 is 14.7 Å². The molecule has 2 aromatic rings. The number of esters is 1. The van der Waals surface area contributed by atoms with E-state index in [-0.39, 0.29) is 13.0 Å². The maximum absolute atomic E-state index is 14.2. The second kappa shape index (κ2) is 18.1. The third-order valence-corrected chi connectivity index (χ3v) is 9.17. The number of nitrogens with one attached hydrogen (secondary N) is 2. The molecule has 1 unspecified atom stereocenters. The smallest absolute Gasteiger partial charge is 0.379 e. The summed E-state index contributed by atoms with van der Waals surface area (Å²) in [6, 6.07) is -0.856. The number of ether oxygens (including phenoxy) is 3. The number of aldehydes is 1. The molecule has 0 aliphatic rings. The number of carbonyl (C=O) groups excluding carboxylic acids is 2. The topological polar surface area (TPSA) is 147 Å². The molecule has 0 amide bonds. The minimum atomic E-state index is -3.67. The van der Waals surface area contributed by atoms with Crippen LogP contribution in [0.3, 0.4) is 0 Å². The minimum absolute atomic E-state index is 0.0509. The predicted molar refractivity (Wildman–Crippen MR) is 159 cm³/mol. The molecule has 0 aliphatic carbocycles. The van der Waals surface area contributed by atoms with Gasteiger partial charge in [-0.1, -0.05) is 46.0 Å². The number of carbonyl (C=O) groups is 2. The molecule has 0 bridgehead atoms. The second-order valence-electron chi connectivity index (χ2n) is 10.7. The number of rotatable bonds is 22. The zero-order valence-electron chi connectivity index (χ0n) is 25.0. The van der Waals surface area contributed by atoms with Gasteiger partial charge in [-0.3, -0.25) is 4.79 Å². The summed E-state index contributed by atoms with van der Waals surface area (Å²) in [5.41, 5.74) is 0.0358. The summed E-state index contributed by atoms with van der Waals surface area (Å²) in [6.07, 6.45) is 9.95. The molecule has 2 N–H and O–H groups in total. The van der Waals surface area contributed by atoms with Gasteiger partial charge in [-0.15, -0.1) is 0 Å². The average Bonchev–Trinajstić information content (AvgIpc) is 3.34. The fraction of sp³-hybridized carbons (Fsp3) is 0.741. The molecule has 3 atom stereocenters. The van der Waals surface area contributed by atoms with Gasteiger partial charge in [0.1, 0.15) is 0 Å². The van der Waals surface area contributed by atoms with Crippen molar-refractivity contribution >= 4 is 52.2 Å². The van der Waals surface area contributed by atoms with E-state index in [4.69, 9.17) is 14.2 Å². The molecule has 14 heteroatoms.